The Labute approximate surface area is 169 Å². The third-order valence-corrected chi connectivity index (χ3v) is 7.08. The van der Waals surface area contributed by atoms with Crippen LogP contribution in [0, 0.1) is 0 Å². The summed E-state index contributed by atoms with van der Waals surface area (Å²) in [5.41, 5.74) is 4.72. The third-order valence-electron chi connectivity index (χ3n) is 5.61. The van der Waals surface area contributed by atoms with Gasteiger partial charge in [-0.05, 0) is 78.5 Å². The lowest BCUT2D eigenvalue weighted by Crippen LogP contribution is -2.28. The number of hydrogen-bond acceptors (Lipinski definition) is 3. The number of hydrogen-bond donors (Lipinski definition) is 1. The number of nitrogens with one attached hydrogen (secondary N) is 1. The molecule has 152 valence electrons. The van der Waals surface area contributed by atoms with E-state index in [1.807, 2.05) is 20.8 Å². The van der Waals surface area contributed by atoms with Gasteiger partial charge in [0.15, 0.2) is 0 Å². The average Bonchev–Trinajstić information content (AvgIpc) is 2.71. The van der Waals surface area contributed by atoms with E-state index in [4.69, 9.17) is 4.74 Å². The van der Waals surface area contributed by atoms with Gasteiger partial charge in [-0.2, -0.15) is 0 Å². The maximum atomic E-state index is 13.1. The highest BCUT2D eigenvalue weighted by molar-refractivity contribution is 7.89. The number of fused-ring (bicyclic) bond motifs is 1. The number of rotatable bonds is 7. The Balaban J connectivity index is 1.89. The van der Waals surface area contributed by atoms with E-state index >= 15 is 0 Å². The standard InChI is InChI=1S/C23H31NO3S/c1-5-22(19-11-10-17-8-6-7-9-18(17)14-19)24-28(25,26)20-12-13-23(27-4)21(15-20)16(2)3/h10-16,22,24H,5-9H2,1-4H3/t22-/m0/s1. The zero-order valence-corrected chi connectivity index (χ0v) is 18.1. The molecule has 0 bridgehead atoms. The van der Waals surface area contributed by atoms with Gasteiger partial charge in [0.05, 0.1) is 12.0 Å². The van der Waals surface area contributed by atoms with Crippen molar-refractivity contribution < 1.29 is 13.2 Å². The summed E-state index contributed by atoms with van der Waals surface area (Å²) >= 11 is 0. The van der Waals surface area contributed by atoms with Crippen LogP contribution in [0.25, 0.3) is 0 Å². The Hall–Kier alpha value is -1.85. The molecule has 1 aliphatic rings. The fourth-order valence-corrected chi connectivity index (χ4v) is 5.29. The molecule has 1 aliphatic carbocycles. The van der Waals surface area contributed by atoms with Gasteiger partial charge in [0.2, 0.25) is 10.0 Å². The molecule has 3 rings (SSSR count). The Morgan fingerprint density at radius 3 is 2.39 bits per heavy atom. The summed E-state index contributed by atoms with van der Waals surface area (Å²) in [6, 6.07) is 11.3. The van der Waals surface area contributed by atoms with Crippen LogP contribution in [0.4, 0.5) is 0 Å². The molecule has 4 nitrogen and oxygen atoms in total. The molecule has 0 amide bonds. The van der Waals surface area contributed by atoms with Crippen molar-refractivity contribution in [1.29, 1.82) is 0 Å². The van der Waals surface area contributed by atoms with E-state index in [2.05, 4.69) is 22.9 Å². The first-order valence-electron chi connectivity index (χ1n) is 10.2. The highest BCUT2D eigenvalue weighted by atomic mass is 32.2. The Bertz CT molecular complexity index is 935. The monoisotopic (exact) mass is 401 g/mol. The molecule has 0 spiro atoms. The summed E-state index contributed by atoms with van der Waals surface area (Å²) in [4.78, 5) is 0.286. The minimum absolute atomic E-state index is 0.174. The van der Waals surface area contributed by atoms with E-state index in [1.54, 1.807) is 25.3 Å². The van der Waals surface area contributed by atoms with Crippen molar-refractivity contribution in [2.45, 2.75) is 69.7 Å². The van der Waals surface area contributed by atoms with Crippen molar-refractivity contribution in [2.75, 3.05) is 7.11 Å². The van der Waals surface area contributed by atoms with Crippen molar-refractivity contribution in [3.05, 3.63) is 58.7 Å². The molecule has 28 heavy (non-hydrogen) atoms. The predicted octanol–water partition coefficient (Wildman–Crippen LogP) is 5.13. The first kappa shape index (κ1) is 20.9. The topological polar surface area (TPSA) is 55.4 Å². The highest BCUT2D eigenvalue weighted by Crippen LogP contribution is 2.30. The molecule has 0 aromatic heterocycles. The van der Waals surface area contributed by atoms with Crippen molar-refractivity contribution in [1.82, 2.24) is 4.72 Å². The second-order valence-corrected chi connectivity index (χ2v) is 9.59. The predicted molar refractivity (Wildman–Crippen MR) is 114 cm³/mol. The lowest BCUT2D eigenvalue weighted by atomic mass is 9.89. The van der Waals surface area contributed by atoms with Crippen LogP contribution in [0.5, 0.6) is 5.75 Å². The van der Waals surface area contributed by atoms with Crippen molar-refractivity contribution >= 4 is 10.0 Å². The van der Waals surface area contributed by atoms with Gasteiger partial charge < -0.3 is 4.74 Å². The molecule has 0 radical (unpaired) electrons. The molecule has 0 saturated heterocycles. The Kier molecular flexibility index (Phi) is 6.46. The van der Waals surface area contributed by atoms with Crippen LogP contribution in [0.2, 0.25) is 0 Å². The van der Waals surface area contributed by atoms with E-state index in [0.29, 0.717) is 6.42 Å². The fourth-order valence-electron chi connectivity index (χ4n) is 3.94. The smallest absolute Gasteiger partial charge is 0.241 e. The van der Waals surface area contributed by atoms with Crippen LogP contribution < -0.4 is 9.46 Å². The Morgan fingerprint density at radius 2 is 1.75 bits per heavy atom. The second kappa shape index (κ2) is 8.66. The normalized spacial score (nSPS) is 15.3. The highest BCUT2D eigenvalue weighted by Gasteiger charge is 2.23. The maximum Gasteiger partial charge on any atom is 0.241 e. The zero-order valence-electron chi connectivity index (χ0n) is 17.3. The summed E-state index contributed by atoms with van der Waals surface area (Å²) in [5, 5.41) is 0. The molecule has 1 atom stereocenters. The number of ether oxygens (including phenoxy) is 1. The number of aryl methyl sites for hydroxylation is 2. The molecule has 0 unspecified atom stereocenters. The number of sulfonamides is 1. The van der Waals surface area contributed by atoms with Crippen LogP contribution in [-0.4, -0.2) is 15.5 Å². The molecule has 1 N–H and O–H groups in total. The quantitative estimate of drug-likeness (QED) is 0.700. The van der Waals surface area contributed by atoms with Gasteiger partial charge in [-0.25, -0.2) is 13.1 Å². The number of benzene rings is 2. The minimum Gasteiger partial charge on any atom is -0.496 e. The summed E-state index contributed by atoms with van der Waals surface area (Å²) in [5.74, 6) is 0.892. The van der Waals surface area contributed by atoms with Crippen molar-refractivity contribution in [3.63, 3.8) is 0 Å². The van der Waals surface area contributed by atoms with Gasteiger partial charge in [0, 0.05) is 6.04 Å². The fraction of sp³-hybridized carbons (Fsp3) is 0.478. The average molecular weight is 402 g/mol. The molecule has 2 aromatic rings. The van der Waals surface area contributed by atoms with Crippen LogP contribution in [0.15, 0.2) is 41.3 Å². The molecule has 5 heteroatoms. The molecule has 0 saturated carbocycles. The largest absolute Gasteiger partial charge is 0.496 e. The van der Waals surface area contributed by atoms with E-state index < -0.39 is 10.0 Å². The van der Waals surface area contributed by atoms with Crippen LogP contribution in [0.3, 0.4) is 0 Å². The first-order chi connectivity index (χ1) is 13.4. The zero-order chi connectivity index (χ0) is 20.3. The van der Waals surface area contributed by atoms with Crippen LogP contribution >= 0.6 is 0 Å². The van der Waals surface area contributed by atoms with Gasteiger partial charge in [0.1, 0.15) is 5.75 Å². The molecule has 0 aliphatic heterocycles. The third kappa shape index (κ3) is 4.41. The molecule has 0 fully saturated rings. The van der Waals surface area contributed by atoms with Gasteiger partial charge in [0.25, 0.3) is 0 Å². The van der Waals surface area contributed by atoms with Gasteiger partial charge in [-0.3, -0.25) is 0 Å². The lowest BCUT2D eigenvalue weighted by Gasteiger charge is -2.22. The van der Waals surface area contributed by atoms with Crippen molar-refractivity contribution in [2.24, 2.45) is 0 Å². The summed E-state index contributed by atoms with van der Waals surface area (Å²) in [7, 11) is -2.02. The van der Waals surface area contributed by atoms with Gasteiger partial charge >= 0.3 is 0 Å². The second-order valence-electron chi connectivity index (χ2n) is 7.88. The van der Waals surface area contributed by atoms with E-state index in [-0.39, 0.29) is 16.9 Å². The summed E-state index contributed by atoms with van der Waals surface area (Å²) in [6.07, 6.45) is 5.37. The van der Waals surface area contributed by atoms with Crippen LogP contribution in [0.1, 0.15) is 74.2 Å². The minimum atomic E-state index is -3.63. The maximum absolute atomic E-state index is 13.1. The Morgan fingerprint density at radius 1 is 1.04 bits per heavy atom. The van der Waals surface area contributed by atoms with E-state index in [9.17, 15) is 8.42 Å². The van der Waals surface area contributed by atoms with Gasteiger partial charge in [-0.1, -0.05) is 39.0 Å². The first-order valence-corrected chi connectivity index (χ1v) is 11.7. The van der Waals surface area contributed by atoms with Crippen molar-refractivity contribution in [3.8, 4) is 5.75 Å². The van der Waals surface area contributed by atoms with E-state index in [1.165, 1.54) is 24.0 Å². The van der Waals surface area contributed by atoms with E-state index in [0.717, 1.165) is 29.7 Å². The summed E-state index contributed by atoms with van der Waals surface area (Å²) < 4.78 is 34.5. The van der Waals surface area contributed by atoms with Gasteiger partial charge in [-0.15, -0.1) is 0 Å². The lowest BCUT2D eigenvalue weighted by molar-refractivity contribution is 0.407. The van der Waals surface area contributed by atoms with Crippen LogP contribution in [-0.2, 0) is 22.9 Å². The summed E-state index contributed by atoms with van der Waals surface area (Å²) in [6.45, 7) is 6.08. The molecule has 0 heterocycles. The SMILES string of the molecule is CC[C@H](NS(=O)(=O)c1ccc(OC)c(C(C)C)c1)c1ccc2c(c1)CCCC2. The number of methoxy groups -OCH3 is 1. The molecule has 2 aromatic carbocycles. The molecular weight excluding hydrogens is 370 g/mol. The molecular formula is C23H31NO3S.